The Labute approximate surface area is 150 Å². The van der Waals surface area contributed by atoms with Crippen LogP contribution in [0.3, 0.4) is 0 Å². The molecule has 1 aromatic rings. The van der Waals surface area contributed by atoms with Crippen molar-refractivity contribution in [3.63, 3.8) is 0 Å². The van der Waals surface area contributed by atoms with Crippen molar-refractivity contribution in [3.05, 3.63) is 35.4 Å². The SMILES string of the molecule is O=C([C@H]1CCCN1C(=O)C[C@@H]1CCc2ccccc2C1)N1CCCC1. The number of carbonyl (C=O) groups excluding carboxylic acids is 2. The molecule has 1 aliphatic carbocycles. The minimum atomic E-state index is -0.193. The molecule has 2 heterocycles. The molecule has 3 aliphatic rings. The summed E-state index contributed by atoms with van der Waals surface area (Å²) in [5, 5.41) is 0. The van der Waals surface area contributed by atoms with E-state index < -0.39 is 0 Å². The number of hydrogen-bond acceptors (Lipinski definition) is 2. The van der Waals surface area contributed by atoms with Gasteiger partial charge < -0.3 is 9.80 Å². The summed E-state index contributed by atoms with van der Waals surface area (Å²) in [6.45, 7) is 2.50. The number of amides is 2. The first-order valence-electron chi connectivity index (χ1n) is 9.87. The number of nitrogens with zero attached hydrogens (tertiary/aromatic N) is 2. The minimum absolute atomic E-state index is 0.192. The maximum absolute atomic E-state index is 12.9. The molecule has 0 N–H and O–H groups in total. The molecule has 2 saturated heterocycles. The largest absolute Gasteiger partial charge is 0.341 e. The van der Waals surface area contributed by atoms with Crippen LogP contribution in [0.25, 0.3) is 0 Å². The second-order valence-corrected chi connectivity index (χ2v) is 7.86. The van der Waals surface area contributed by atoms with Crippen LogP contribution in [0.1, 0.15) is 49.7 Å². The van der Waals surface area contributed by atoms with Gasteiger partial charge in [-0.2, -0.15) is 0 Å². The van der Waals surface area contributed by atoms with Crippen molar-refractivity contribution in [1.29, 1.82) is 0 Å². The maximum Gasteiger partial charge on any atom is 0.245 e. The van der Waals surface area contributed by atoms with E-state index in [0.29, 0.717) is 12.3 Å². The number of rotatable bonds is 3. The summed E-state index contributed by atoms with van der Waals surface area (Å²) in [5.41, 5.74) is 2.84. The van der Waals surface area contributed by atoms with E-state index in [1.807, 2.05) is 9.80 Å². The molecule has 4 rings (SSSR count). The molecule has 2 amide bonds. The number of likely N-dealkylation sites (tertiary alicyclic amines) is 2. The summed E-state index contributed by atoms with van der Waals surface area (Å²) < 4.78 is 0. The fraction of sp³-hybridized carbons (Fsp3) is 0.619. The number of carbonyl (C=O) groups is 2. The zero-order valence-corrected chi connectivity index (χ0v) is 15.0. The fourth-order valence-corrected chi connectivity index (χ4v) is 4.78. The van der Waals surface area contributed by atoms with Gasteiger partial charge in [-0.05, 0) is 62.0 Å². The van der Waals surface area contributed by atoms with E-state index in [4.69, 9.17) is 0 Å². The molecule has 2 aliphatic heterocycles. The third kappa shape index (κ3) is 3.44. The second-order valence-electron chi connectivity index (χ2n) is 7.86. The third-order valence-electron chi connectivity index (χ3n) is 6.19. The van der Waals surface area contributed by atoms with Crippen LogP contribution >= 0.6 is 0 Å². The van der Waals surface area contributed by atoms with Crippen molar-refractivity contribution in [2.45, 2.75) is 57.4 Å². The molecular weight excluding hydrogens is 312 g/mol. The topological polar surface area (TPSA) is 40.6 Å². The first kappa shape index (κ1) is 16.6. The van der Waals surface area contributed by atoms with E-state index in [1.165, 1.54) is 11.1 Å². The summed E-state index contributed by atoms with van der Waals surface area (Å²) in [6, 6.07) is 8.40. The Morgan fingerprint density at radius 3 is 2.52 bits per heavy atom. The monoisotopic (exact) mass is 340 g/mol. The van der Waals surface area contributed by atoms with Crippen LogP contribution < -0.4 is 0 Å². The Morgan fingerprint density at radius 2 is 1.72 bits per heavy atom. The Balaban J connectivity index is 1.38. The van der Waals surface area contributed by atoms with E-state index in [1.54, 1.807) is 0 Å². The second kappa shape index (κ2) is 7.19. The number of hydrogen-bond donors (Lipinski definition) is 0. The Kier molecular flexibility index (Phi) is 4.78. The quantitative estimate of drug-likeness (QED) is 0.849. The number of fused-ring (bicyclic) bond motifs is 1. The molecule has 4 nitrogen and oxygen atoms in total. The van der Waals surface area contributed by atoms with E-state index >= 15 is 0 Å². The van der Waals surface area contributed by atoms with Gasteiger partial charge in [0, 0.05) is 26.1 Å². The van der Waals surface area contributed by atoms with Gasteiger partial charge in [0.15, 0.2) is 0 Å². The van der Waals surface area contributed by atoms with E-state index in [2.05, 4.69) is 24.3 Å². The lowest BCUT2D eigenvalue weighted by Gasteiger charge is -2.30. The molecule has 134 valence electrons. The van der Waals surface area contributed by atoms with Crippen molar-refractivity contribution in [2.75, 3.05) is 19.6 Å². The average molecular weight is 340 g/mol. The van der Waals surface area contributed by atoms with E-state index in [0.717, 1.165) is 64.6 Å². The van der Waals surface area contributed by atoms with E-state index in [9.17, 15) is 9.59 Å². The minimum Gasteiger partial charge on any atom is -0.341 e. The molecule has 25 heavy (non-hydrogen) atoms. The molecule has 2 fully saturated rings. The standard InChI is InChI=1S/C21H28N2O2/c24-20(15-16-9-10-17-6-1-2-7-18(17)14-16)23-13-5-8-19(23)21(25)22-11-3-4-12-22/h1-2,6-7,16,19H,3-5,8-15H2/t16-,19-/m1/s1. The van der Waals surface area contributed by atoms with Crippen LogP contribution in [0, 0.1) is 5.92 Å². The van der Waals surface area contributed by atoms with Gasteiger partial charge in [0.2, 0.25) is 11.8 Å². The fourth-order valence-electron chi connectivity index (χ4n) is 4.78. The molecule has 0 spiro atoms. The zero-order valence-electron chi connectivity index (χ0n) is 15.0. The number of benzene rings is 1. The average Bonchev–Trinajstić information content (AvgIpc) is 3.33. The molecule has 0 bridgehead atoms. The van der Waals surface area contributed by atoms with Crippen molar-refractivity contribution >= 4 is 11.8 Å². The third-order valence-corrected chi connectivity index (χ3v) is 6.19. The van der Waals surface area contributed by atoms with Gasteiger partial charge in [0.05, 0.1) is 0 Å². The lowest BCUT2D eigenvalue weighted by atomic mass is 9.82. The van der Waals surface area contributed by atoms with Crippen LogP contribution in [-0.4, -0.2) is 47.3 Å². The molecule has 0 radical (unpaired) electrons. The van der Waals surface area contributed by atoms with Crippen LogP contribution in [-0.2, 0) is 22.4 Å². The van der Waals surface area contributed by atoms with Gasteiger partial charge >= 0.3 is 0 Å². The van der Waals surface area contributed by atoms with Crippen LogP contribution in [0.4, 0.5) is 0 Å². The molecular formula is C21H28N2O2. The van der Waals surface area contributed by atoms with Crippen molar-refractivity contribution < 1.29 is 9.59 Å². The first-order valence-corrected chi connectivity index (χ1v) is 9.87. The van der Waals surface area contributed by atoms with Crippen LogP contribution in [0.2, 0.25) is 0 Å². The Hall–Kier alpha value is -1.84. The molecule has 0 saturated carbocycles. The molecule has 4 heteroatoms. The molecule has 1 aromatic carbocycles. The highest BCUT2D eigenvalue weighted by Gasteiger charge is 2.37. The highest BCUT2D eigenvalue weighted by Crippen LogP contribution is 2.29. The van der Waals surface area contributed by atoms with Crippen molar-refractivity contribution in [2.24, 2.45) is 5.92 Å². The smallest absolute Gasteiger partial charge is 0.245 e. The number of aryl methyl sites for hydroxylation is 1. The predicted molar refractivity (Wildman–Crippen MR) is 97.1 cm³/mol. The Morgan fingerprint density at radius 1 is 0.960 bits per heavy atom. The van der Waals surface area contributed by atoms with E-state index in [-0.39, 0.29) is 17.9 Å². The van der Waals surface area contributed by atoms with Crippen LogP contribution in [0.15, 0.2) is 24.3 Å². The van der Waals surface area contributed by atoms with Gasteiger partial charge in [-0.1, -0.05) is 24.3 Å². The van der Waals surface area contributed by atoms with Crippen molar-refractivity contribution in [3.8, 4) is 0 Å². The molecule has 2 atom stereocenters. The van der Waals surface area contributed by atoms with Gasteiger partial charge in [-0.15, -0.1) is 0 Å². The zero-order chi connectivity index (χ0) is 17.2. The van der Waals surface area contributed by atoms with Crippen molar-refractivity contribution in [1.82, 2.24) is 9.80 Å². The van der Waals surface area contributed by atoms with Crippen LogP contribution in [0.5, 0.6) is 0 Å². The normalized spacial score (nSPS) is 25.9. The van der Waals surface area contributed by atoms with Gasteiger partial charge in [0.25, 0.3) is 0 Å². The molecule has 0 aromatic heterocycles. The summed E-state index contributed by atoms with van der Waals surface area (Å²) in [5.74, 6) is 0.808. The first-order chi connectivity index (χ1) is 12.2. The lowest BCUT2D eigenvalue weighted by molar-refractivity contribution is -0.143. The van der Waals surface area contributed by atoms with Gasteiger partial charge in [-0.3, -0.25) is 9.59 Å². The lowest BCUT2D eigenvalue weighted by Crippen LogP contribution is -2.47. The maximum atomic E-state index is 12.9. The highest BCUT2D eigenvalue weighted by atomic mass is 16.2. The summed E-state index contributed by atoms with van der Waals surface area (Å²) >= 11 is 0. The summed E-state index contributed by atoms with van der Waals surface area (Å²) in [4.78, 5) is 29.5. The summed E-state index contributed by atoms with van der Waals surface area (Å²) in [6.07, 6.45) is 7.77. The van der Waals surface area contributed by atoms with Gasteiger partial charge in [0.1, 0.15) is 6.04 Å². The van der Waals surface area contributed by atoms with Gasteiger partial charge in [-0.25, -0.2) is 0 Å². The molecule has 0 unspecified atom stereocenters. The summed E-state index contributed by atoms with van der Waals surface area (Å²) in [7, 11) is 0. The predicted octanol–water partition coefficient (Wildman–Crippen LogP) is 2.80. The Bertz CT molecular complexity index is 651. The highest BCUT2D eigenvalue weighted by molar-refractivity contribution is 5.88.